The minimum atomic E-state index is 0.749. The van der Waals surface area contributed by atoms with E-state index < -0.39 is 0 Å². The lowest BCUT2D eigenvalue weighted by Crippen LogP contribution is -2.00. The molecule has 0 aliphatic rings. The number of halogens is 1. The average molecular weight is 286 g/mol. The number of para-hydroxylation sites is 1. The Bertz CT molecular complexity index is 715. The van der Waals surface area contributed by atoms with Gasteiger partial charge in [-0.25, -0.2) is 0 Å². The van der Waals surface area contributed by atoms with E-state index in [1.165, 1.54) is 10.9 Å². The van der Waals surface area contributed by atoms with Gasteiger partial charge in [0.2, 0.25) is 0 Å². The lowest BCUT2D eigenvalue weighted by molar-refractivity contribution is 0.551. The lowest BCUT2D eigenvalue weighted by Gasteiger charge is -2.06. The first-order valence-corrected chi connectivity index (χ1v) is 7.14. The molecule has 2 aromatic carbocycles. The van der Waals surface area contributed by atoms with E-state index in [1.54, 1.807) is 0 Å². The maximum atomic E-state index is 5.89. The van der Waals surface area contributed by atoms with Crippen LogP contribution >= 0.6 is 11.6 Å². The maximum absolute atomic E-state index is 5.89. The molecule has 1 heterocycles. The number of hydrogen-bond acceptors (Lipinski definition) is 2. The predicted octanol–water partition coefficient (Wildman–Crippen LogP) is 5.26. The van der Waals surface area contributed by atoms with Crippen LogP contribution in [0.2, 0.25) is 5.02 Å². The first-order valence-electron chi connectivity index (χ1n) is 6.76. The minimum Gasteiger partial charge on any atom is -0.461 e. The van der Waals surface area contributed by atoms with E-state index in [4.69, 9.17) is 16.0 Å². The van der Waals surface area contributed by atoms with Crippen LogP contribution in [0.3, 0.4) is 0 Å². The van der Waals surface area contributed by atoms with Crippen molar-refractivity contribution in [1.82, 2.24) is 0 Å². The summed E-state index contributed by atoms with van der Waals surface area (Å²) in [7, 11) is 0. The van der Waals surface area contributed by atoms with Gasteiger partial charge in [0.25, 0.3) is 0 Å². The van der Waals surface area contributed by atoms with Crippen LogP contribution in [-0.4, -0.2) is 0 Å². The Morgan fingerprint density at radius 1 is 1.05 bits per heavy atom. The van der Waals surface area contributed by atoms with Crippen LogP contribution in [0.1, 0.15) is 18.2 Å². The van der Waals surface area contributed by atoms with Gasteiger partial charge in [0.15, 0.2) is 0 Å². The number of aryl methyl sites for hydroxylation is 1. The number of fused-ring (bicyclic) bond motifs is 1. The van der Waals surface area contributed by atoms with Crippen LogP contribution in [0.15, 0.2) is 52.9 Å². The topological polar surface area (TPSA) is 25.2 Å². The number of benzene rings is 2. The molecule has 0 bridgehead atoms. The van der Waals surface area contributed by atoms with Gasteiger partial charge in [-0.1, -0.05) is 36.7 Å². The number of nitrogens with one attached hydrogen (secondary N) is 1. The van der Waals surface area contributed by atoms with E-state index in [-0.39, 0.29) is 0 Å². The molecule has 0 unspecified atom stereocenters. The van der Waals surface area contributed by atoms with Crippen LogP contribution in [0, 0.1) is 0 Å². The molecule has 1 aromatic heterocycles. The highest BCUT2D eigenvalue weighted by atomic mass is 35.5. The molecule has 0 amide bonds. The average Bonchev–Trinajstić information content (AvgIpc) is 2.84. The molecule has 20 heavy (non-hydrogen) atoms. The molecule has 0 radical (unpaired) electrons. The second kappa shape index (κ2) is 5.59. The molecule has 102 valence electrons. The Labute approximate surface area is 123 Å². The number of hydrogen-bond donors (Lipinski definition) is 1. The van der Waals surface area contributed by atoms with Crippen molar-refractivity contribution in [1.29, 1.82) is 0 Å². The summed E-state index contributed by atoms with van der Waals surface area (Å²) in [5.74, 6) is 1.05. The summed E-state index contributed by atoms with van der Waals surface area (Å²) < 4.78 is 5.89. The Morgan fingerprint density at radius 3 is 2.55 bits per heavy atom. The Balaban J connectivity index is 1.88. The molecule has 0 spiro atoms. The molecule has 0 saturated heterocycles. The molecule has 0 aliphatic carbocycles. The zero-order valence-corrected chi connectivity index (χ0v) is 12.1. The zero-order chi connectivity index (χ0) is 13.9. The molecule has 0 aliphatic heterocycles. The summed E-state index contributed by atoms with van der Waals surface area (Å²) in [6, 6.07) is 15.9. The number of anilines is 1. The monoisotopic (exact) mass is 285 g/mol. The van der Waals surface area contributed by atoms with Gasteiger partial charge in [-0.3, -0.25) is 0 Å². The van der Waals surface area contributed by atoms with Crippen molar-refractivity contribution in [2.24, 2.45) is 0 Å². The molecule has 0 fully saturated rings. The molecular weight excluding hydrogens is 270 g/mol. The molecule has 0 atom stereocenters. The maximum Gasteiger partial charge on any atom is 0.134 e. The van der Waals surface area contributed by atoms with Crippen molar-refractivity contribution >= 4 is 28.3 Å². The largest absolute Gasteiger partial charge is 0.461 e. The van der Waals surface area contributed by atoms with Gasteiger partial charge < -0.3 is 9.73 Å². The van der Waals surface area contributed by atoms with Crippen LogP contribution in [-0.2, 0) is 13.0 Å². The summed E-state index contributed by atoms with van der Waals surface area (Å²) in [6.07, 6.45) is 0.895. The standard InChI is InChI=1S/C17H16ClNO/c1-2-16-15(14-5-3-4-6-17(14)20-16)11-19-13-9-7-12(18)8-10-13/h3-10,19H,2,11H2,1H3. The van der Waals surface area contributed by atoms with E-state index in [2.05, 4.69) is 18.3 Å². The molecule has 0 saturated carbocycles. The third-order valence-corrected chi connectivity index (χ3v) is 3.67. The number of rotatable bonds is 4. The first kappa shape index (κ1) is 13.1. The van der Waals surface area contributed by atoms with Gasteiger partial charge in [-0.15, -0.1) is 0 Å². The molecule has 3 aromatic rings. The highest BCUT2D eigenvalue weighted by Crippen LogP contribution is 2.27. The van der Waals surface area contributed by atoms with Crippen LogP contribution in [0.25, 0.3) is 11.0 Å². The van der Waals surface area contributed by atoms with Gasteiger partial charge in [-0.05, 0) is 30.3 Å². The highest BCUT2D eigenvalue weighted by Gasteiger charge is 2.11. The van der Waals surface area contributed by atoms with Crippen LogP contribution < -0.4 is 5.32 Å². The van der Waals surface area contributed by atoms with Gasteiger partial charge in [0.05, 0.1) is 0 Å². The zero-order valence-electron chi connectivity index (χ0n) is 11.3. The molecule has 2 nitrogen and oxygen atoms in total. The molecular formula is C17H16ClNO. The minimum absolute atomic E-state index is 0.749. The fraction of sp³-hybridized carbons (Fsp3) is 0.176. The van der Waals surface area contributed by atoms with Crippen LogP contribution in [0.4, 0.5) is 5.69 Å². The molecule has 3 rings (SSSR count). The first-order chi connectivity index (χ1) is 9.78. The second-order valence-corrected chi connectivity index (χ2v) is 5.15. The Morgan fingerprint density at radius 2 is 1.80 bits per heavy atom. The fourth-order valence-corrected chi connectivity index (χ4v) is 2.51. The van der Waals surface area contributed by atoms with E-state index >= 15 is 0 Å². The summed E-state index contributed by atoms with van der Waals surface area (Å²) in [6.45, 7) is 2.87. The summed E-state index contributed by atoms with van der Waals surface area (Å²) in [5, 5.41) is 5.36. The van der Waals surface area contributed by atoms with Gasteiger partial charge >= 0.3 is 0 Å². The summed E-state index contributed by atoms with van der Waals surface area (Å²) >= 11 is 5.89. The van der Waals surface area contributed by atoms with Crippen molar-refractivity contribution in [3.05, 3.63) is 64.9 Å². The summed E-state index contributed by atoms with van der Waals surface area (Å²) in [5.41, 5.74) is 3.25. The third-order valence-electron chi connectivity index (χ3n) is 3.42. The van der Waals surface area contributed by atoms with E-state index in [0.29, 0.717) is 0 Å². The van der Waals surface area contributed by atoms with E-state index in [9.17, 15) is 0 Å². The third kappa shape index (κ3) is 2.52. The van der Waals surface area contributed by atoms with Gasteiger partial charge in [0.1, 0.15) is 11.3 Å². The van der Waals surface area contributed by atoms with Crippen molar-refractivity contribution in [3.8, 4) is 0 Å². The lowest BCUT2D eigenvalue weighted by atomic mass is 10.1. The Kier molecular flexibility index (Phi) is 3.66. The molecule has 3 heteroatoms. The van der Waals surface area contributed by atoms with Gasteiger partial charge in [0, 0.05) is 34.6 Å². The smallest absolute Gasteiger partial charge is 0.134 e. The van der Waals surface area contributed by atoms with Gasteiger partial charge in [-0.2, -0.15) is 0 Å². The van der Waals surface area contributed by atoms with Crippen molar-refractivity contribution in [2.45, 2.75) is 19.9 Å². The van der Waals surface area contributed by atoms with Crippen molar-refractivity contribution in [3.63, 3.8) is 0 Å². The second-order valence-electron chi connectivity index (χ2n) is 4.71. The van der Waals surface area contributed by atoms with E-state index in [0.717, 1.165) is 35.0 Å². The SMILES string of the molecule is CCc1oc2ccccc2c1CNc1ccc(Cl)cc1. The quantitative estimate of drug-likeness (QED) is 0.707. The van der Waals surface area contributed by atoms with Crippen molar-refractivity contribution < 1.29 is 4.42 Å². The Hall–Kier alpha value is -1.93. The number of furan rings is 1. The summed E-state index contributed by atoms with van der Waals surface area (Å²) in [4.78, 5) is 0. The van der Waals surface area contributed by atoms with Crippen LogP contribution in [0.5, 0.6) is 0 Å². The predicted molar refractivity (Wildman–Crippen MR) is 84.4 cm³/mol. The normalized spacial score (nSPS) is 10.9. The van der Waals surface area contributed by atoms with Crippen molar-refractivity contribution in [2.75, 3.05) is 5.32 Å². The van der Waals surface area contributed by atoms with E-state index in [1.807, 2.05) is 42.5 Å². The highest BCUT2D eigenvalue weighted by molar-refractivity contribution is 6.30. The fourth-order valence-electron chi connectivity index (χ4n) is 2.39. The molecule has 1 N–H and O–H groups in total.